The van der Waals surface area contributed by atoms with Crippen molar-refractivity contribution in [2.75, 3.05) is 0 Å². The summed E-state index contributed by atoms with van der Waals surface area (Å²) in [5.41, 5.74) is 6.98. The van der Waals surface area contributed by atoms with Gasteiger partial charge in [0.2, 0.25) is 11.7 Å². The Kier molecular flexibility index (Phi) is 3.46. The predicted octanol–water partition coefficient (Wildman–Crippen LogP) is 3.61. The third kappa shape index (κ3) is 2.47. The third-order valence-electron chi connectivity index (χ3n) is 2.67. The van der Waals surface area contributed by atoms with Crippen LogP contribution < -0.4 is 5.73 Å². The van der Waals surface area contributed by atoms with Gasteiger partial charge >= 0.3 is 0 Å². The summed E-state index contributed by atoms with van der Waals surface area (Å²) in [6.45, 7) is 0. The molecule has 0 saturated heterocycles. The van der Waals surface area contributed by atoms with Gasteiger partial charge in [0.15, 0.2) is 0 Å². The van der Waals surface area contributed by atoms with Crippen LogP contribution in [0.4, 0.5) is 0 Å². The summed E-state index contributed by atoms with van der Waals surface area (Å²) >= 11 is 5.04. The highest BCUT2D eigenvalue weighted by Gasteiger charge is 2.19. The summed E-state index contributed by atoms with van der Waals surface area (Å²) in [5, 5.41) is 5.96. The maximum Gasteiger partial charge on any atom is 0.249 e. The zero-order valence-electron chi connectivity index (χ0n) is 9.79. The SMILES string of the molecule is NC(c1nc(-c2ccccc2Br)no1)c1cccs1. The van der Waals surface area contributed by atoms with Gasteiger partial charge in [0.05, 0.1) is 0 Å². The largest absolute Gasteiger partial charge is 0.337 e. The number of thiophene rings is 1. The molecular weight excluding hydrogens is 326 g/mol. The van der Waals surface area contributed by atoms with Crippen molar-refractivity contribution < 1.29 is 4.52 Å². The molecule has 4 nitrogen and oxygen atoms in total. The minimum atomic E-state index is -0.372. The number of rotatable bonds is 3. The Morgan fingerprint density at radius 2 is 2.05 bits per heavy atom. The third-order valence-corrected chi connectivity index (χ3v) is 4.32. The van der Waals surface area contributed by atoms with Crippen LogP contribution >= 0.6 is 27.3 Å². The fourth-order valence-electron chi connectivity index (χ4n) is 1.70. The van der Waals surface area contributed by atoms with Crippen LogP contribution in [-0.2, 0) is 0 Å². The van der Waals surface area contributed by atoms with Gasteiger partial charge in [0, 0.05) is 14.9 Å². The van der Waals surface area contributed by atoms with Crippen LogP contribution in [0.5, 0.6) is 0 Å². The molecule has 6 heteroatoms. The van der Waals surface area contributed by atoms with E-state index in [1.807, 2.05) is 41.8 Å². The van der Waals surface area contributed by atoms with Gasteiger partial charge in [-0.2, -0.15) is 4.98 Å². The van der Waals surface area contributed by atoms with Crippen molar-refractivity contribution >= 4 is 27.3 Å². The second-order valence-corrected chi connectivity index (χ2v) is 5.76. The number of hydrogen-bond donors (Lipinski definition) is 1. The number of halogens is 1. The zero-order chi connectivity index (χ0) is 13.2. The Morgan fingerprint density at radius 1 is 1.21 bits per heavy atom. The quantitative estimate of drug-likeness (QED) is 0.794. The summed E-state index contributed by atoms with van der Waals surface area (Å²) in [6.07, 6.45) is 0. The fraction of sp³-hybridized carbons (Fsp3) is 0.0769. The number of aromatic nitrogens is 2. The lowest BCUT2D eigenvalue weighted by molar-refractivity contribution is 0.368. The first kappa shape index (κ1) is 12.5. The normalized spacial score (nSPS) is 12.5. The summed E-state index contributed by atoms with van der Waals surface area (Å²) in [6, 6.07) is 11.3. The number of nitrogens with zero attached hydrogens (tertiary/aromatic N) is 2. The van der Waals surface area contributed by atoms with E-state index in [-0.39, 0.29) is 6.04 Å². The fourth-order valence-corrected chi connectivity index (χ4v) is 2.88. The Balaban J connectivity index is 1.94. The van der Waals surface area contributed by atoms with E-state index in [4.69, 9.17) is 10.3 Å². The van der Waals surface area contributed by atoms with E-state index in [1.54, 1.807) is 11.3 Å². The maximum atomic E-state index is 6.09. The predicted molar refractivity (Wildman–Crippen MR) is 77.8 cm³/mol. The molecule has 3 rings (SSSR count). The molecule has 1 aromatic carbocycles. The van der Waals surface area contributed by atoms with Crippen molar-refractivity contribution in [3.63, 3.8) is 0 Å². The number of nitrogens with two attached hydrogens (primary N) is 1. The molecule has 2 N–H and O–H groups in total. The number of benzene rings is 1. The molecular formula is C13H10BrN3OS. The molecule has 0 spiro atoms. The molecule has 0 bridgehead atoms. The Labute approximate surface area is 122 Å². The molecule has 0 saturated carbocycles. The lowest BCUT2D eigenvalue weighted by Crippen LogP contribution is -2.10. The van der Waals surface area contributed by atoms with Crippen molar-refractivity contribution in [2.24, 2.45) is 5.73 Å². The van der Waals surface area contributed by atoms with Crippen LogP contribution in [0.25, 0.3) is 11.4 Å². The molecule has 0 aliphatic carbocycles. The minimum Gasteiger partial charge on any atom is -0.337 e. The highest BCUT2D eigenvalue weighted by atomic mass is 79.9. The van der Waals surface area contributed by atoms with Crippen molar-refractivity contribution in [3.8, 4) is 11.4 Å². The Bertz CT molecular complexity index is 681. The second-order valence-electron chi connectivity index (χ2n) is 3.93. The Morgan fingerprint density at radius 3 is 2.79 bits per heavy atom. The highest BCUT2D eigenvalue weighted by molar-refractivity contribution is 9.10. The van der Waals surface area contributed by atoms with E-state index in [2.05, 4.69) is 26.1 Å². The van der Waals surface area contributed by atoms with Gasteiger partial charge in [-0.05, 0) is 23.6 Å². The van der Waals surface area contributed by atoms with Crippen molar-refractivity contribution in [3.05, 3.63) is 57.0 Å². The topological polar surface area (TPSA) is 64.9 Å². The molecule has 0 aliphatic rings. The van der Waals surface area contributed by atoms with Crippen molar-refractivity contribution in [1.29, 1.82) is 0 Å². The van der Waals surface area contributed by atoms with Crippen LogP contribution in [-0.4, -0.2) is 10.1 Å². The maximum absolute atomic E-state index is 6.09. The van der Waals surface area contributed by atoms with Crippen molar-refractivity contribution in [1.82, 2.24) is 10.1 Å². The molecule has 1 unspecified atom stereocenters. The van der Waals surface area contributed by atoms with Gasteiger partial charge in [0.25, 0.3) is 0 Å². The molecule has 19 heavy (non-hydrogen) atoms. The first-order chi connectivity index (χ1) is 9.25. The first-order valence-electron chi connectivity index (χ1n) is 5.63. The van der Waals surface area contributed by atoms with Gasteiger partial charge < -0.3 is 10.3 Å². The van der Waals surface area contributed by atoms with Crippen LogP contribution in [0, 0.1) is 0 Å². The molecule has 2 heterocycles. The second kappa shape index (κ2) is 5.24. The lowest BCUT2D eigenvalue weighted by atomic mass is 10.2. The smallest absolute Gasteiger partial charge is 0.249 e. The van der Waals surface area contributed by atoms with E-state index in [0.29, 0.717) is 11.7 Å². The highest BCUT2D eigenvalue weighted by Crippen LogP contribution is 2.28. The lowest BCUT2D eigenvalue weighted by Gasteiger charge is -2.01. The van der Waals surface area contributed by atoms with E-state index in [0.717, 1.165) is 14.9 Å². The standard InChI is InChI=1S/C13H10BrN3OS/c14-9-5-2-1-4-8(9)12-16-13(18-17-12)11(15)10-6-3-7-19-10/h1-7,11H,15H2. The average Bonchev–Trinajstić information content (AvgIpc) is 3.10. The van der Waals surface area contributed by atoms with E-state index in [9.17, 15) is 0 Å². The monoisotopic (exact) mass is 335 g/mol. The zero-order valence-corrected chi connectivity index (χ0v) is 12.2. The van der Waals surface area contributed by atoms with Crippen molar-refractivity contribution in [2.45, 2.75) is 6.04 Å². The van der Waals surface area contributed by atoms with Crippen LogP contribution in [0.1, 0.15) is 16.8 Å². The first-order valence-corrected chi connectivity index (χ1v) is 7.30. The summed E-state index contributed by atoms with van der Waals surface area (Å²) in [5.74, 6) is 0.961. The van der Waals surface area contributed by atoms with E-state index < -0.39 is 0 Å². The van der Waals surface area contributed by atoms with Gasteiger partial charge in [-0.25, -0.2) is 0 Å². The molecule has 0 aliphatic heterocycles. The van der Waals surface area contributed by atoms with Gasteiger partial charge in [-0.3, -0.25) is 0 Å². The Hall–Kier alpha value is -1.50. The van der Waals surface area contributed by atoms with E-state index >= 15 is 0 Å². The molecule has 0 fully saturated rings. The van der Waals surface area contributed by atoms with E-state index in [1.165, 1.54) is 0 Å². The van der Waals surface area contributed by atoms with Gasteiger partial charge in [-0.1, -0.05) is 39.3 Å². The molecule has 0 amide bonds. The molecule has 0 radical (unpaired) electrons. The van der Waals surface area contributed by atoms with Crippen LogP contribution in [0.3, 0.4) is 0 Å². The molecule has 96 valence electrons. The van der Waals surface area contributed by atoms with Crippen LogP contribution in [0.2, 0.25) is 0 Å². The van der Waals surface area contributed by atoms with Gasteiger partial charge in [-0.15, -0.1) is 11.3 Å². The molecule has 1 atom stereocenters. The summed E-state index contributed by atoms with van der Waals surface area (Å²) < 4.78 is 6.18. The van der Waals surface area contributed by atoms with Crippen LogP contribution in [0.15, 0.2) is 50.8 Å². The van der Waals surface area contributed by atoms with Gasteiger partial charge in [0.1, 0.15) is 6.04 Å². The summed E-state index contributed by atoms with van der Waals surface area (Å²) in [4.78, 5) is 5.37. The summed E-state index contributed by atoms with van der Waals surface area (Å²) in [7, 11) is 0. The minimum absolute atomic E-state index is 0.372. The molecule has 3 aromatic rings. The number of hydrogen-bond acceptors (Lipinski definition) is 5. The average molecular weight is 336 g/mol. The molecule has 2 aromatic heterocycles.